The van der Waals surface area contributed by atoms with Crippen LogP contribution in [0, 0.1) is 0 Å². The van der Waals surface area contributed by atoms with E-state index in [2.05, 4.69) is 36.2 Å². The van der Waals surface area contributed by atoms with Crippen LogP contribution in [0.3, 0.4) is 0 Å². The second-order valence-electron chi connectivity index (χ2n) is 6.19. The highest BCUT2D eigenvalue weighted by Gasteiger charge is 2.44. The summed E-state index contributed by atoms with van der Waals surface area (Å²) in [7, 11) is 0. The minimum Gasteiger partial charge on any atom is -0.394 e. The maximum absolute atomic E-state index is 12.4. The van der Waals surface area contributed by atoms with Crippen LogP contribution in [-0.4, -0.2) is 65.7 Å². The van der Waals surface area contributed by atoms with Crippen LogP contribution in [0.1, 0.15) is 16.6 Å². The van der Waals surface area contributed by atoms with Crippen molar-refractivity contribution in [2.24, 2.45) is 0 Å². The molecule has 1 amide bonds. The van der Waals surface area contributed by atoms with Crippen molar-refractivity contribution in [1.29, 1.82) is 0 Å². The predicted molar refractivity (Wildman–Crippen MR) is 100 cm³/mol. The minimum atomic E-state index is -1.30. The monoisotopic (exact) mass is 449 g/mol. The Kier molecular flexibility index (Phi) is 5.08. The van der Waals surface area contributed by atoms with Crippen LogP contribution in [0.4, 0.5) is 5.82 Å². The second kappa shape index (κ2) is 7.53. The number of halogens is 1. The quantitative estimate of drug-likeness (QED) is 0.420. The lowest BCUT2D eigenvalue weighted by Crippen LogP contribution is -2.33. The van der Waals surface area contributed by atoms with E-state index in [4.69, 9.17) is 4.74 Å². The van der Waals surface area contributed by atoms with Gasteiger partial charge in [0.15, 0.2) is 27.9 Å². The van der Waals surface area contributed by atoms with Crippen LogP contribution in [0.5, 0.6) is 0 Å². The standard InChI is InChI=1S/C17H16BrN5O5/c18-17-21-10-13(22-15(27)8-4-2-1-3-5-8)19-7-20-14(10)23(17)16-12(26)11(25)9(6-24)28-16/h1-5,7,9,11-12,16,24-26H,6H2,(H,19,20,22,27)/t9-,11-,12-,16-/m1/s1. The lowest BCUT2D eigenvalue weighted by molar-refractivity contribution is -0.0521. The Balaban J connectivity index is 1.71. The Morgan fingerprint density at radius 3 is 2.64 bits per heavy atom. The summed E-state index contributed by atoms with van der Waals surface area (Å²) in [6.45, 7) is -0.452. The SMILES string of the molecule is O=C(Nc1ncnc2c1nc(Br)n2[C@@H]1O[C@H](CO)[C@@H](O)[C@H]1O)c1ccccc1. The van der Waals surface area contributed by atoms with Crippen LogP contribution < -0.4 is 5.32 Å². The maximum Gasteiger partial charge on any atom is 0.256 e. The number of nitrogens with zero attached hydrogens (tertiary/aromatic N) is 4. The molecule has 0 unspecified atom stereocenters. The van der Waals surface area contributed by atoms with Gasteiger partial charge in [0.1, 0.15) is 24.6 Å². The molecule has 11 heteroatoms. The first-order valence-corrected chi connectivity index (χ1v) is 9.18. The van der Waals surface area contributed by atoms with Gasteiger partial charge in [-0.25, -0.2) is 15.0 Å². The Morgan fingerprint density at radius 1 is 1.21 bits per heavy atom. The molecule has 3 aromatic rings. The maximum atomic E-state index is 12.4. The van der Waals surface area contributed by atoms with Crippen molar-refractivity contribution in [2.75, 3.05) is 11.9 Å². The molecule has 1 aliphatic heterocycles. The third-order valence-electron chi connectivity index (χ3n) is 4.47. The first-order valence-electron chi connectivity index (χ1n) is 8.38. The first-order chi connectivity index (χ1) is 13.5. The van der Waals surface area contributed by atoms with Gasteiger partial charge in [0.25, 0.3) is 5.91 Å². The lowest BCUT2D eigenvalue weighted by atomic mass is 10.1. The fraction of sp³-hybridized carbons (Fsp3) is 0.294. The summed E-state index contributed by atoms with van der Waals surface area (Å²) in [6, 6.07) is 8.64. The van der Waals surface area contributed by atoms with Gasteiger partial charge in [0.05, 0.1) is 6.61 Å². The number of carbonyl (C=O) groups excluding carboxylic acids is 1. The molecular weight excluding hydrogens is 434 g/mol. The third-order valence-corrected chi connectivity index (χ3v) is 5.03. The molecule has 28 heavy (non-hydrogen) atoms. The number of aliphatic hydroxyl groups is 3. The number of nitrogens with one attached hydrogen (secondary N) is 1. The van der Waals surface area contributed by atoms with Gasteiger partial charge < -0.3 is 25.4 Å². The van der Waals surface area contributed by atoms with Gasteiger partial charge in [-0.15, -0.1) is 0 Å². The van der Waals surface area contributed by atoms with E-state index in [1.165, 1.54) is 10.9 Å². The summed E-state index contributed by atoms with van der Waals surface area (Å²) in [5.74, 6) is -0.177. The van der Waals surface area contributed by atoms with Crippen LogP contribution in [0.25, 0.3) is 11.2 Å². The number of aliphatic hydroxyl groups excluding tert-OH is 3. The smallest absolute Gasteiger partial charge is 0.256 e. The van der Waals surface area contributed by atoms with Gasteiger partial charge in [-0.1, -0.05) is 18.2 Å². The molecule has 0 radical (unpaired) electrons. The zero-order chi connectivity index (χ0) is 19.8. The molecule has 2 aromatic heterocycles. The molecule has 1 saturated heterocycles. The number of fused-ring (bicyclic) bond motifs is 1. The predicted octanol–water partition coefficient (Wildman–Crippen LogP) is 0.453. The fourth-order valence-corrected chi connectivity index (χ4v) is 3.61. The van der Waals surface area contributed by atoms with Crippen molar-refractivity contribution in [3.05, 3.63) is 47.0 Å². The van der Waals surface area contributed by atoms with Crippen molar-refractivity contribution in [1.82, 2.24) is 19.5 Å². The second-order valence-corrected chi connectivity index (χ2v) is 6.90. The lowest BCUT2D eigenvalue weighted by Gasteiger charge is -2.17. The van der Waals surface area contributed by atoms with E-state index in [1.54, 1.807) is 30.3 Å². The Hall–Kier alpha value is -2.44. The molecule has 4 atom stereocenters. The molecule has 0 aliphatic carbocycles. The van der Waals surface area contributed by atoms with Crippen molar-refractivity contribution >= 4 is 38.8 Å². The zero-order valence-corrected chi connectivity index (χ0v) is 15.9. The van der Waals surface area contributed by atoms with Crippen molar-refractivity contribution in [2.45, 2.75) is 24.5 Å². The highest BCUT2D eigenvalue weighted by molar-refractivity contribution is 9.10. The van der Waals surface area contributed by atoms with E-state index >= 15 is 0 Å². The van der Waals surface area contributed by atoms with Gasteiger partial charge in [0, 0.05) is 5.56 Å². The number of imidazole rings is 1. The number of hydrogen-bond donors (Lipinski definition) is 4. The summed E-state index contributed by atoms with van der Waals surface area (Å²) in [5.41, 5.74) is 1.01. The van der Waals surface area contributed by atoms with E-state index in [0.29, 0.717) is 5.56 Å². The summed E-state index contributed by atoms with van der Waals surface area (Å²) in [5, 5.41) is 32.3. The molecule has 0 spiro atoms. The number of aromatic nitrogens is 4. The normalized spacial score (nSPS) is 24.6. The number of hydrogen-bond acceptors (Lipinski definition) is 8. The number of rotatable bonds is 4. The third kappa shape index (κ3) is 3.16. The molecule has 4 N–H and O–H groups in total. The van der Waals surface area contributed by atoms with Crippen LogP contribution in [0.15, 0.2) is 41.4 Å². The van der Waals surface area contributed by atoms with Gasteiger partial charge in [0.2, 0.25) is 0 Å². The molecule has 3 heterocycles. The van der Waals surface area contributed by atoms with E-state index in [1.807, 2.05) is 0 Å². The zero-order valence-electron chi connectivity index (χ0n) is 14.3. The average molecular weight is 450 g/mol. The molecule has 0 saturated carbocycles. The van der Waals surface area contributed by atoms with Gasteiger partial charge >= 0.3 is 0 Å². The van der Waals surface area contributed by atoms with Crippen molar-refractivity contribution in [3.63, 3.8) is 0 Å². The molecule has 146 valence electrons. The number of anilines is 1. The number of benzene rings is 1. The highest BCUT2D eigenvalue weighted by Crippen LogP contribution is 2.35. The van der Waals surface area contributed by atoms with Crippen LogP contribution >= 0.6 is 15.9 Å². The summed E-state index contributed by atoms with van der Waals surface area (Å²) in [4.78, 5) is 25.0. The molecule has 4 rings (SSSR count). The van der Waals surface area contributed by atoms with Gasteiger partial charge in [-0.3, -0.25) is 9.36 Å². The first kappa shape index (κ1) is 18.9. The highest BCUT2D eigenvalue weighted by atomic mass is 79.9. The van der Waals surface area contributed by atoms with Crippen LogP contribution in [0.2, 0.25) is 0 Å². The Labute approximate surface area is 167 Å². The molecular formula is C17H16BrN5O5. The fourth-order valence-electron chi connectivity index (χ4n) is 3.06. The molecule has 1 aliphatic rings. The van der Waals surface area contributed by atoms with E-state index < -0.39 is 31.1 Å². The molecule has 1 fully saturated rings. The molecule has 1 aromatic carbocycles. The van der Waals surface area contributed by atoms with E-state index in [0.717, 1.165) is 0 Å². The summed E-state index contributed by atoms with van der Waals surface area (Å²) >= 11 is 3.29. The largest absolute Gasteiger partial charge is 0.394 e. The number of carbonyl (C=O) groups is 1. The molecule has 0 bridgehead atoms. The topological polar surface area (TPSA) is 143 Å². The van der Waals surface area contributed by atoms with Crippen molar-refractivity contribution in [3.8, 4) is 0 Å². The summed E-state index contributed by atoms with van der Waals surface area (Å²) in [6.07, 6.45) is -3.29. The van der Waals surface area contributed by atoms with Crippen LogP contribution in [-0.2, 0) is 4.74 Å². The number of amides is 1. The Bertz CT molecular complexity index is 1010. The van der Waals surface area contributed by atoms with E-state index in [-0.39, 0.29) is 27.6 Å². The molecule has 10 nitrogen and oxygen atoms in total. The number of ether oxygens (including phenoxy) is 1. The van der Waals surface area contributed by atoms with E-state index in [9.17, 15) is 20.1 Å². The van der Waals surface area contributed by atoms with Crippen molar-refractivity contribution < 1.29 is 24.9 Å². The minimum absolute atomic E-state index is 0.185. The Morgan fingerprint density at radius 2 is 1.96 bits per heavy atom. The summed E-state index contributed by atoms with van der Waals surface area (Å²) < 4.78 is 7.24. The average Bonchev–Trinajstić information content (AvgIpc) is 3.19. The van der Waals surface area contributed by atoms with Gasteiger partial charge in [-0.2, -0.15) is 0 Å². The van der Waals surface area contributed by atoms with Gasteiger partial charge in [-0.05, 0) is 28.1 Å².